The fraction of sp³-hybridized carbons (Fsp3) is 0.438. The second-order valence-electron chi connectivity index (χ2n) is 6.83. The Kier molecular flexibility index (Phi) is 4.01. The topological polar surface area (TPSA) is 119 Å². The number of carbonyl (C=O) groups is 1. The Hall–Kier alpha value is -3.18. The van der Waals surface area contributed by atoms with Crippen LogP contribution in [0.3, 0.4) is 0 Å². The van der Waals surface area contributed by atoms with Gasteiger partial charge in [-0.05, 0) is 26.7 Å². The summed E-state index contributed by atoms with van der Waals surface area (Å²) in [5, 5.41) is 9.35. The summed E-state index contributed by atoms with van der Waals surface area (Å²) in [5.41, 5.74) is 0.293. The molecule has 0 bridgehead atoms. The molecule has 1 aliphatic rings. The van der Waals surface area contributed by atoms with Crippen molar-refractivity contribution in [1.29, 1.82) is 0 Å². The van der Waals surface area contributed by atoms with Gasteiger partial charge in [0.2, 0.25) is 5.71 Å². The Morgan fingerprint density at radius 2 is 2.04 bits per heavy atom. The Morgan fingerprint density at radius 1 is 1.29 bits per heavy atom. The Bertz CT molecular complexity index is 1050. The summed E-state index contributed by atoms with van der Waals surface area (Å²) >= 11 is 0. The summed E-state index contributed by atoms with van der Waals surface area (Å²) in [6, 6.07) is 0. The van der Waals surface area contributed by atoms with Gasteiger partial charge in [-0.25, -0.2) is 4.98 Å². The fourth-order valence-electron chi connectivity index (χ4n) is 2.60. The summed E-state index contributed by atoms with van der Waals surface area (Å²) in [7, 11) is 0. The van der Waals surface area contributed by atoms with Crippen molar-refractivity contribution < 1.29 is 26.9 Å². The van der Waals surface area contributed by atoms with Crippen molar-refractivity contribution in [3.63, 3.8) is 0 Å². The van der Waals surface area contributed by atoms with Crippen LogP contribution < -0.4 is 10.6 Å². The first kappa shape index (κ1) is 18.2. The van der Waals surface area contributed by atoms with E-state index in [-0.39, 0.29) is 29.2 Å². The monoisotopic (exact) mass is 396 g/mol. The van der Waals surface area contributed by atoms with E-state index in [1.807, 2.05) is 6.92 Å². The molecule has 1 saturated carbocycles. The zero-order valence-corrected chi connectivity index (χ0v) is 14.8. The van der Waals surface area contributed by atoms with Crippen molar-refractivity contribution in [3.8, 4) is 0 Å². The molecule has 0 spiro atoms. The number of anilines is 1. The lowest BCUT2D eigenvalue weighted by atomic mass is 10.2. The number of rotatable bonds is 5. The molecule has 0 aliphatic heterocycles. The number of halogens is 3. The van der Waals surface area contributed by atoms with Crippen LogP contribution in [0.4, 0.5) is 19.0 Å². The van der Waals surface area contributed by atoms with Gasteiger partial charge in [0.15, 0.2) is 5.82 Å². The Morgan fingerprint density at radius 3 is 2.68 bits per heavy atom. The second kappa shape index (κ2) is 6.17. The van der Waals surface area contributed by atoms with Crippen LogP contribution in [0.2, 0.25) is 0 Å². The minimum Gasteiger partial charge on any atom is -0.445 e. The molecule has 3 heterocycles. The maximum Gasteiger partial charge on any atom is 0.471 e. The second-order valence-corrected chi connectivity index (χ2v) is 6.83. The summed E-state index contributed by atoms with van der Waals surface area (Å²) in [6.45, 7) is 3.39. The first-order valence-electron chi connectivity index (χ1n) is 8.37. The third-order valence-electron chi connectivity index (χ3n) is 4.33. The number of fused-ring (bicyclic) bond motifs is 1. The van der Waals surface area contributed by atoms with Crippen LogP contribution in [-0.2, 0) is 12.7 Å². The largest absolute Gasteiger partial charge is 0.471 e. The van der Waals surface area contributed by atoms with Gasteiger partial charge in [0.25, 0.3) is 5.91 Å². The minimum absolute atomic E-state index is 0.0998. The quantitative estimate of drug-likeness (QED) is 0.676. The number of alkyl halides is 3. The average molecular weight is 396 g/mol. The SMILES string of the molecule is Cc1nc(NC2(C)CC2)c2c(C(=O)NCc3noc(C(F)(F)F)n3)coc2n1. The van der Waals surface area contributed by atoms with Crippen molar-refractivity contribution in [3.05, 3.63) is 29.4 Å². The number of furan rings is 1. The molecule has 148 valence electrons. The van der Waals surface area contributed by atoms with E-state index in [0.29, 0.717) is 17.0 Å². The van der Waals surface area contributed by atoms with Crippen LogP contribution in [0.1, 0.15) is 47.7 Å². The van der Waals surface area contributed by atoms with E-state index in [0.717, 1.165) is 12.8 Å². The van der Waals surface area contributed by atoms with Gasteiger partial charge in [-0.1, -0.05) is 5.16 Å². The Labute approximate surface area is 155 Å². The van der Waals surface area contributed by atoms with Crippen molar-refractivity contribution in [2.24, 2.45) is 0 Å². The zero-order chi connectivity index (χ0) is 20.1. The molecule has 0 radical (unpaired) electrons. The van der Waals surface area contributed by atoms with Crippen molar-refractivity contribution >= 4 is 22.8 Å². The van der Waals surface area contributed by atoms with Crippen LogP contribution in [0.5, 0.6) is 0 Å². The van der Waals surface area contributed by atoms with Gasteiger partial charge in [-0.2, -0.15) is 23.1 Å². The van der Waals surface area contributed by atoms with Gasteiger partial charge in [0, 0.05) is 5.54 Å². The maximum absolute atomic E-state index is 12.6. The van der Waals surface area contributed by atoms with Gasteiger partial charge < -0.3 is 19.6 Å². The van der Waals surface area contributed by atoms with Crippen molar-refractivity contribution in [1.82, 2.24) is 25.4 Å². The molecule has 0 aromatic carbocycles. The van der Waals surface area contributed by atoms with Crippen LogP contribution in [-0.4, -0.2) is 31.6 Å². The third-order valence-corrected chi connectivity index (χ3v) is 4.33. The number of aryl methyl sites for hydroxylation is 1. The average Bonchev–Trinajstić information content (AvgIpc) is 3.02. The number of hydrogen-bond donors (Lipinski definition) is 2. The highest BCUT2D eigenvalue weighted by molar-refractivity contribution is 6.08. The van der Waals surface area contributed by atoms with E-state index < -0.39 is 18.0 Å². The smallest absolute Gasteiger partial charge is 0.445 e. The molecule has 0 unspecified atom stereocenters. The number of hydrogen-bond acceptors (Lipinski definition) is 8. The predicted molar refractivity (Wildman–Crippen MR) is 88.3 cm³/mol. The molecule has 3 aromatic rings. The van der Waals surface area contributed by atoms with Crippen LogP contribution in [0.15, 0.2) is 15.2 Å². The molecule has 0 saturated heterocycles. The van der Waals surface area contributed by atoms with Crippen molar-refractivity contribution in [2.75, 3.05) is 5.32 Å². The fourth-order valence-corrected chi connectivity index (χ4v) is 2.60. The van der Waals surface area contributed by atoms with Gasteiger partial charge >= 0.3 is 12.1 Å². The lowest BCUT2D eigenvalue weighted by molar-refractivity contribution is -0.159. The third kappa shape index (κ3) is 3.49. The molecule has 3 aromatic heterocycles. The molecule has 12 heteroatoms. The van der Waals surface area contributed by atoms with Crippen molar-refractivity contribution in [2.45, 2.75) is 44.9 Å². The molecular weight excluding hydrogens is 381 g/mol. The van der Waals surface area contributed by atoms with Gasteiger partial charge in [0.1, 0.15) is 17.9 Å². The molecule has 4 rings (SSSR count). The van der Waals surface area contributed by atoms with E-state index in [4.69, 9.17) is 4.42 Å². The summed E-state index contributed by atoms with van der Waals surface area (Å²) < 4.78 is 47.0. The zero-order valence-electron chi connectivity index (χ0n) is 14.8. The van der Waals surface area contributed by atoms with Crippen LogP contribution in [0.25, 0.3) is 11.1 Å². The predicted octanol–water partition coefficient (Wildman–Crippen LogP) is 2.83. The number of nitrogens with one attached hydrogen (secondary N) is 2. The summed E-state index contributed by atoms with van der Waals surface area (Å²) in [5.74, 6) is -1.41. The highest BCUT2D eigenvalue weighted by Crippen LogP contribution is 2.40. The van der Waals surface area contributed by atoms with Gasteiger partial charge in [0.05, 0.1) is 17.5 Å². The van der Waals surface area contributed by atoms with E-state index in [1.165, 1.54) is 6.26 Å². The van der Waals surface area contributed by atoms with E-state index in [2.05, 4.69) is 35.3 Å². The van der Waals surface area contributed by atoms with Crippen LogP contribution >= 0.6 is 0 Å². The molecule has 1 aliphatic carbocycles. The minimum atomic E-state index is -4.75. The molecule has 28 heavy (non-hydrogen) atoms. The van der Waals surface area contributed by atoms with E-state index >= 15 is 0 Å². The van der Waals surface area contributed by atoms with Gasteiger partial charge in [-0.15, -0.1) is 0 Å². The highest BCUT2D eigenvalue weighted by atomic mass is 19.4. The number of aromatic nitrogens is 4. The number of carbonyl (C=O) groups excluding carboxylic acids is 1. The van der Waals surface area contributed by atoms with E-state index in [1.54, 1.807) is 6.92 Å². The van der Waals surface area contributed by atoms with E-state index in [9.17, 15) is 18.0 Å². The number of nitrogens with zero attached hydrogens (tertiary/aromatic N) is 4. The first-order chi connectivity index (χ1) is 13.1. The lowest BCUT2D eigenvalue weighted by Crippen LogP contribution is -2.24. The first-order valence-corrected chi connectivity index (χ1v) is 8.37. The summed E-state index contributed by atoms with van der Waals surface area (Å²) in [6.07, 6.45) is -1.58. The maximum atomic E-state index is 12.6. The highest BCUT2D eigenvalue weighted by Gasteiger charge is 2.39. The molecular formula is C16H15F3N6O3. The summed E-state index contributed by atoms with van der Waals surface area (Å²) in [4.78, 5) is 24.3. The molecule has 1 amide bonds. The molecule has 1 fully saturated rings. The standard InChI is InChI=1S/C16H15F3N6O3/c1-7-21-11(24-15(2)3-4-15)10-8(6-27-13(10)22-7)12(26)20-5-9-23-14(28-25-9)16(17,18)19/h6H,3-5H2,1-2H3,(H,20,26)(H,21,22,24). The molecule has 2 N–H and O–H groups in total. The number of amides is 1. The molecule has 9 nitrogen and oxygen atoms in total. The molecule has 0 atom stereocenters. The van der Waals surface area contributed by atoms with Gasteiger partial charge in [-0.3, -0.25) is 4.79 Å². The normalized spacial score (nSPS) is 15.6. The lowest BCUT2D eigenvalue weighted by Gasteiger charge is -2.13. The van der Waals surface area contributed by atoms with Crippen LogP contribution in [0, 0.1) is 6.92 Å². The Balaban J connectivity index is 1.56.